The number of hydrogen-bond donors (Lipinski definition) is 0. The van der Waals surface area contributed by atoms with Gasteiger partial charge < -0.3 is 4.90 Å². The lowest BCUT2D eigenvalue weighted by Gasteiger charge is -2.29. The number of halogens is 1. The fourth-order valence-corrected chi connectivity index (χ4v) is 4.43. The van der Waals surface area contributed by atoms with Crippen LogP contribution in [0.25, 0.3) is 0 Å². The van der Waals surface area contributed by atoms with E-state index >= 15 is 0 Å². The molecule has 1 aromatic carbocycles. The highest BCUT2D eigenvalue weighted by Gasteiger charge is 2.48. The van der Waals surface area contributed by atoms with Crippen LogP contribution in [0.4, 0.5) is 4.39 Å². The quantitative estimate of drug-likeness (QED) is 0.863. The van der Waals surface area contributed by atoms with Gasteiger partial charge in [-0.05, 0) is 35.7 Å². The Morgan fingerprint density at radius 1 is 1.20 bits per heavy atom. The average molecular weight is 339 g/mol. The summed E-state index contributed by atoms with van der Waals surface area (Å²) >= 11 is 0. The van der Waals surface area contributed by atoms with E-state index in [4.69, 9.17) is 0 Å². The fraction of sp³-hybridized carbons (Fsp3) is 0.400. The Kier molecular flexibility index (Phi) is 4.25. The maximum Gasteiger partial charge on any atom is 0.219 e. The second-order valence-electron chi connectivity index (χ2n) is 7.11. The molecule has 0 radical (unpaired) electrons. The van der Waals surface area contributed by atoms with E-state index in [0.29, 0.717) is 11.8 Å². The molecule has 2 aliphatic rings. The maximum absolute atomic E-state index is 13.7. The Morgan fingerprint density at radius 3 is 2.80 bits per heavy atom. The summed E-state index contributed by atoms with van der Waals surface area (Å²) in [5, 5.41) is 0. The molecule has 0 saturated carbocycles. The zero-order chi connectivity index (χ0) is 17.4. The Labute approximate surface area is 147 Å². The zero-order valence-electron chi connectivity index (χ0n) is 14.3. The normalized spacial score (nSPS) is 26.0. The van der Waals surface area contributed by atoms with Crippen LogP contribution in [0.15, 0.2) is 48.7 Å². The number of fused-ring (bicyclic) bond motifs is 1. The largest absolute Gasteiger partial charge is 0.335 e. The number of carbonyl (C=O) groups is 1. The highest BCUT2D eigenvalue weighted by molar-refractivity contribution is 5.74. The number of likely N-dealkylation sites (tertiary alicyclic amines) is 2. The molecule has 1 aromatic heterocycles. The third kappa shape index (κ3) is 3.16. The molecule has 3 atom stereocenters. The molecule has 2 fully saturated rings. The molecule has 0 spiro atoms. The van der Waals surface area contributed by atoms with Crippen LogP contribution in [-0.4, -0.2) is 40.3 Å². The molecule has 0 unspecified atom stereocenters. The molecule has 3 heterocycles. The van der Waals surface area contributed by atoms with E-state index in [9.17, 15) is 9.18 Å². The minimum absolute atomic E-state index is 0.0352. The van der Waals surface area contributed by atoms with Crippen molar-refractivity contribution in [3.05, 3.63) is 65.7 Å². The lowest BCUT2D eigenvalue weighted by molar-refractivity contribution is -0.130. The molecule has 0 N–H and O–H groups in total. The maximum atomic E-state index is 13.7. The predicted molar refractivity (Wildman–Crippen MR) is 93.0 cm³/mol. The first-order valence-electron chi connectivity index (χ1n) is 8.77. The van der Waals surface area contributed by atoms with Gasteiger partial charge in [-0.3, -0.25) is 14.7 Å². The molecular formula is C20H22FN3O. The van der Waals surface area contributed by atoms with Crippen molar-refractivity contribution in [3.8, 4) is 0 Å². The minimum atomic E-state index is -0.243. The molecular weight excluding hydrogens is 317 g/mol. The fourth-order valence-electron chi connectivity index (χ4n) is 4.43. The number of benzene rings is 1. The standard InChI is InChI=1S/C20H22FN3O/c1-14(25)24-11-16-10-23(12-18-7-2-3-8-22-18)13-19(16)20(24)15-5-4-6-17(21)9-15/h2-9,16,19-20H,10-13H2,1H3/t16-,19-,20+/m1/s1. The number of rotatable bonds is 3. The molecule has 25 heavy (non-hydrogen) atoms. The van der Waals surface area contributed by atoms with Gasteiger partial charge in [0.05, 0.1) is 11.7 Å². The summed E-state index contributed by atoms with van der Waals surface area (Å²) in [5.41, 5.74) is 1.97. The van der Waals surface area contributed by atoms with E-state index in [1.807, 2.05) is 35.4 Å². The van der Waals surface area contributed by atoms with Gasteiger partial charge in [0.2, 0.25) is 5.91 Å². The number of nitrogens with zero attached hydrogens (tertiary/aromatic N) is 3. The molecule has 4 rings (SSSR count). The van der Waals surface area contributed by atoms with Crippen LogP contribution in [0.5, 0.6) is 0 Å². The highest BCUT2D eigenvalue weighted by atomic mass is 19.1. The van der Waals surface area contributed by atoms with Gasteiger partial charge in [-0.2, -0.15) is 0 Å². The van der Waals surface area contributed by atoms with Gasteiger partial charge in [0.25, 0.3) is 0 Å². The number of hydrogen-bond acceptors (Lipinski definition) is 3. The van der Waals surface area contributed by atoms with Crippen molar-refractivity contribution in [2.24, 2.45) is 11.8 Å². The molecule has 1 amide bonds. The van der Waals surface area contributed by atoms with Crippen molar-refractivity contribution in [1.82, 2.24) is 14.8 Å². The van der Waals surface area contributed by atoms with Crippen LogP contribution >= 0.6 is 0 Å². The molecule has 4 nitrogen and oxygen atoms in total. The van der Waals surface area contributed by atoms with Crippen LogP contribution in [0, 0.1) is 17.7 Å². The van der Waals surface area contributed by atoms with E-state index in [1.165, 1.54) is 6.07 Å². The van der Waals surface area contributed by atoms with Crippen molar-refractivity contribution in [3.63, 3.8) is 0 Å². The van der Waals surface area contributed by atoms with Crippen LogP contribution in [0.3, 0.4) is 0 Å². The van der Waals surface area contributed by atoms with Crippen molar-refractivity contribution in [2.45, 2.75) is 19.5 Å². The summed E-state index contributed by atoms with van der Waals surface area (Å²) in [4.78, 5) is 20.9. The summed E-state index contributed by atoms with van der Waals surface area (Å²) < 4.78 is 13.7. The smallest absolute Gasteiger partial charge is 0.219 e. The minimum Gasteiger partial charge on any atom is -0.335 e. The van der Waals surface area contributed by atoms with Gasteiger partial charge in [-0.25, -0.2) is 4.39 Å². The first kappa shape index (κ1) is 16.2. The predicted octanol–water partition coefficient (Wildman–Crippen LogP) is 2.87. The molecule has 2 aromatic rings. The highest BCUT2D eigenvalue weighted by Crippen LogP contribution is 2.45. The van der Waals surface area contributed by atoms with Crippen molar-refractivity contribution in [2.75, 3.05) is 19.6 Å². The number of pyridine rings is 1. The third-order valence-corrected chi connectivity index (χ3v) is 5.45. The summed E-state index contributed by atoms with van der Waals surface area (Å²) in [5.74, 6) is 0.600. The molecule has 5 heteroatoms. The van der Waals surface area contributed by atoms with Gasteiger partial charge in [0.1, 0.15) is 5.82 Å². The van der Waals surface area contributed by atoms with E-state index < -0.39 is 0 Å². The summed E-state index contributed by atoms with van der Waals surface area (Å²) in [6.07, 6.45) is 1.82. The van der Waals surface area contributed by atoms with Gasteiger partial charge >= 0.3 is 0 Å². The summed E-state index contributed by atoms with van der Waals surface area (Å²) in [6, 6.07) is 12.6. The summed E-state index contributed by atoms with van der Waals surface area (Å²) in [7, 11) is 0. The zero-order valence-corrected chi connectivity index (χ0v) is 14.3. The lowest BCUT2D eigenvalue weighted by atomic mass is 9.89. The Hall–Kier alpha value is -2.27. The average Bonchev–Trinajstić information content (AvgIpc) is 3.12. The van der Waals surface area contributed by atoms with Crippen molar-refractivity contribution in [1.29, 1.82) is 0 Å². The third-order valence-electron chi connectivity index (χ3n) is 5.45. The molecule has 2 saturated heterocycles. The van der Waals surface area contributed by atoms with Crippen LogP contribution in [0.2, 0.25) is 0 Å². The van der Waals surface area contributed by atoms with Gasteiger partial charge in [-0.15, -0.1) is 0 Å². The number of carbonyl (C=O) groups excluding carboxylic acids is 1. The topological polar surface area (TPSA) is 36.4 Å². The Balaban J connectivity index is 1.56. The van der Waals surface area contributed by atoms with Gasteiger partial charge in [0, 0.05) is 45.2 Å². The van der Waals surface area contributed by atoms with E-state index in [2.05, 4.69) is 9.88 Å². The Morgan fingerprint density at radius 2 is 2.08 bits per heavy atom. The van der Waals surface area contributed by atoms with Crippen molar-refractivity contribution >= 4 is 5.91 Å². The first-order valence-corrected chi connectivity index (χ1v) is 8.77. The molecule has 130 valence electrons. The first-order chi connectivity index (χ1) is 12.1. The van der Waals surface area contributed by atoms with Crippen LogP contribution < -0.4 is 0 Å². The van der Waals surface area contributed by atoms with Crippen LogP contribution in [-0.2, 0) is 11.3 Å². The second kappa shape index (κ2) is 6.56. The molecule has 0 aliphatic carbocycles. The van der Waals surface area contributed by atoms with Crippen LogP contribution in [0.1, 0.15) is 24.2 Å². The van der Waals surface area contributed by atoms with Crippen molar-refractivity contribution < 1.29 is 9.18 Å². The molecule has 0 bridgehead atoms. The number of aromatic nitrogens is 1. The van der Waals surface area contributed by atoms with E-state index in [0.717, 1.165) is 37.4 Å². The summed E-state index contributed by atoms with van der Waals surface area (Å²) in [6.45, 7) is 5.05. The second-order valence-corrected chi connectivity index (χ2v) is 7.11. The van der Waals surface area contributed by atoms with Gasteiger partial charge in [0.15, 0.2) is 0 Å². The SMILES string of the molecule is CC(=O)N1C[C@H]2CN(Cc3ccccn3)C[C@H]2[C@@H]1c1cccc(F)c1. The van der Waals surface area contributed by atoms with E-state index in [-0.39, 0.29) is 17.8 Å². The van der Waals surface area contributed by atoms with Gasteiger partial charge in [-0.1, -0.05) is 18.2 Å². The molecule has 2 aliphatic heterocycles. The lowest BCUT2D eigenvalue weighted by Crippen LogP contribution is -2.34. The monoisotopic (exact) mass is 339 g/mol. The Bertz CT molecular complexity index is 767. The number of amides is 1. The van der Waals surface area contributed by atoms with E-state index in [1.54, 1.807) is 19.1 Å².